The highest BCUT2D eigenvalue weighted by Crippen LogP contribution is 2.05. The molecular weight excluding hydrogens is 188 g/mol. The van der Waals surface area contributed by atoms with Crippen LogP contribution in [0.2, 0.25) is 0 Å². The molecule has 0 aliphatic carbocycles. The summed E-state index contributed by atoms with van der Waals surface area (Å²) in [5, 5.41) is 0. The van der Waals surface area contributed by atoms with Gasteiger partial charge in [0.25, 0.3) is 0 Å². The number of hydrogen-bond donors (Lipinski definition) is 0. The number of allylic oxidation sites excluding steroid dienone is 2. The van der Waals surface area contributed by atoms with Crippen LogP contribution in [0.1, 0.15) is 28.8 Å². The first-order chi connectivity index (χ1) is 7.24. The van der Waals surface area contributed by atoms with Crippen LogP contribution in [0.3, 0.4) is 0 Å². The van der Waals surface area contributed by atoms with Crippen molar-refractivity contribution in [2.24, 2.45) is 0 Å². The van der Waals surface area contributed by atoms with Gasteiger partial charge in [0, 0.05) is 12.0 Å². The van der Waals surface area contributed by atoms with Gasteiger partial charge in [0.1, 0.15) is 6.29 Å². The Hall–Kier alpha value is -1.70. The largest absolute Gasteiger partial charge is 0.303 e. The molecule has 0 heterocycles. The third-order valence-corrected chi connectivity index (χ3v) is 2.02. The first-order valence-corrected chi connectivity index (χ1v) is 4.95. The summed E-state index contributed by atoms with van der Waals surface area (Å²) in [6.07, 6.45) is 5.21. The predicted octanol–water partition coefficient (Wildman–Crippen LogP) is 2.71. The number of benzene rings is 1. The van der Waals surface area contributed by atoms with Crippen LogP contribution >= 0.6 is 0 Å². The van der Waals surface area contributed by atoms with E-state index in [1.807, 2.05) is 25.1 Å². The smallest absolute Gasteiger partial charge is 0.185 e. The van der Waals surface area contributed by atoms with Crippen molar-refractivity contribution in [3.8, 4) is 0 Å². The monoisotopic (exact) mass is 202 g/mol. The second kappa shape index (κ2) is 5.91. The highest BCUT2D eigenvalue weighted by Gasteiger charge is 2.00. The van der Waals surface area contributed by atoms with Gasteiger partial charge in [-0.15, -0.1) is 0 Å². The molecule has 78 valence electrons. The van der Waals surface area contributed by atoms with Crippen LogP contribution in [0.5, 0.6) is 0 Å². The lowest BCUT2D eigenvalue weighted by Crippen LogP contribution is -1.94. The summed E-state index contributed by atoms with van der Waals surface area (Å²) >= 11 is 0. The van der Waals surface area contributed by atoms with Crippen molar-refractivity contribution in [1.29, 1.82) is 0 Å². The van der Waals surface area contributed by atoms with E-state index in [-0.39, 0.29) is 5.78 Å². The third-order valence-electron chi connectivity index (χ3n) is 2.02. The van der Waals surface area contributed by atoms with E-state index in [0.29, 0.717) is 18.4 Å². The standard InChI is InChI=1S/C13H14O2/c1-11-6-5-7-12(10-11)13(15)8-3-2-4-9-14/h3,5-10H,2,4H2,1H3/b8-3+. The maximum Gasteiger partial charge on any atom is 0.185 e. The van der Waals surface area contributed by atoms with Crippen LogP contribution in [-0.4, -0.2) is 12.1 Å². The Morgan fingerprint density at radius 1 is 1.33 bits per heavy atom. The van der Waals surface area contributed by atoms with Gasteiger partial charge in [-0.2, -0.15) is 0 Å². The molecule has 0 fully saturated rings. The Kier molecular flexibility index (Phi) is 4.48. The minimum Gasteiger partial charge on any atom is -0.303 e. The second-order valence-electron chi connectivity index (χ2n) is 3.38. The molecule has 0 spiro atoms. The summed E-state index contributed by atoms with van der Waals surface area (Å²) in [6.45, 7) is 1.95. The minimum absolute atomic E-state index is 0.00963. The zero-order valence-corrected chi connectivity index (χ0v) is 8.77. The Balaban J connectivity index is 2.61. The fraction of sp³-hybridized carbons (Fsp3) is 0.231. The molecular formula is C13H14O2. The number of hydrogen-bond acceptors (Lipinski definition) is 2. The van der Waals surface area contributed by atoms with Gasteiger partial charge in [-0.1, -0.05) is 29.8 Å². The minimum atomic E-state index is -0.00963. The molecule has 0 aliphatic heterocycles. The fourth-order valence-corrected chi connectivity index (χ4v) is 1.25. The number of carbonyl (C=O) groups is 2. The highest BCUT2D eigenvalue weighted by atomic mass is 16.1. The second-order valence-corrected chi connectivity index (χ2v) is 3.38. The van der Waals surface area contributed by atoms with E-state index in [1.54, 1.807) is 12.1 Å². The molecule has 0 unspecified atom stereocenters. The number of aryl methyl sites for hydroxylation is 1. The lowest BCUT2D eigenvalue weighted by Gasteiger charge is -1.96. The van der Waals surface area contributed by atoms with Crippen molar-refractivity contribution in [1.82, 2.24) is 0 Å². The SMILES string of the molecule is Cc1cccc(C(=O)/C=C/CCC=O)c1. The van der Waals surface area contributed by atoms with E-state index in [2.05, 4.69) is 0 Å². The van der Waals surface area contributed by atoms with E-state index in [4.69, 9.17) is 0 Å². The zero-order chi connectivity index (χ0) is 11.1. The van der Waals surface area contributed by atoms with Crippen LogP contribution in [0, 0.1) is 6.92 Å². The van der Waals surface area contributed by atoms with Gasteiger partial charge in [-0.25, -0.2) is 0 Å². The Morgan fingerprint density at radius 2 is 2.13 bits per heavy atom. The molecule has 0 bridgehead atoms. The van der Waals surface area contributed by atoms with Gasteiger partial charge in [0.05, 0.1) is 0 Å². The molecule has 1 rings (SSSR count). The zero-order valence-electron chi connectivity index (χ0n) is 8.77. The molecule has 0 atom stereocenters. The predicted molar refractivity (Wildman–Crippen MR) is 59.9 cm³/mol. The average molecular weight is 202 g/mol. The summed E-state index contributed by atoms with van der Waals surface area (Å²) in [4.78, 5) is 21.6. The van der Waals surface area contributed by atoms with Crippen molar-refractivity contribution in [3.05, 3.63) is 47.5 Å². The Labute approximate surface area is 89.6 Å². The van der Waals surface area contributed by atoms with Crippen LogP contribution in [0.4, 0.5) is 0 Å². The number of carbonyl (C=O) groups excluding carboxylic acids is 2. The molecule has 2 heteroatoms. The van der Waals surface area contributed by atoms with Crippen molar-refractivity contribution >= 4 is 12.1 Å². The first kappa shape index (κ1) is 11.4. The molecule has 0 N–H and O–H groups in total. The van der Waals surface area contributed by atoms with E-state index >= 15 is 0 Å². The van der Waals surface area contributed by atoms with Crippen LogP contribution < -0.4 is 0 Å². The molecule has 0 aromatic heterocycles. The summed E-state index contributed by atoms with van der Waals surface area (Å²) in [5.74, 6) is -0.00963. The van der Waals surface area contributed by atoms with Crippen molar-refractivity contribution in [2.75, 3.05) is 0 Å². The Morgan fingerprint density at radius 3 is 2.80 bits per heavy atom. The fourth-order valence-electron chi connectivity index (χ4n) is 1.25. The molecule has 1 aromatic rings. The molecule has 2 nitrogen and oxygen atoms in total. The summed E-state index contributed by atoms with van der Waals surface area (Å²) < 4.78 is 0. The lowest BCUT2D eigenvalue weighted by atomic mass is 10.1. The van der Waals surface area contributed by atoms with E-state index < -0.39 is 0 Å². The third kappa shape index (κ3) is 3.90. The maximum atomic E-state index is 11.6. The number of ketones is 1. The Bertz CT molecular complexity index is 378. The first-order valence-electron chi connectivity index (χ1n) is 4.95. The molecule has 0 radical (unpaired) electrons. The molecule has 0 saturated heterocycles. The van der Waals surface area contributed by atoms with E-state index in [1.165, 1.54) is 6.08 Å². The summed E-state index contributed by atoms with van der Waals surface area (Å²) in [7, 11) is 0. The summed E-state index contributed by atoms with van der Waals surface area (Å²) in [5.41, 5.74) is 1.76. The van der Waals surface area contributed by atoms with Gasteiger partial charge in [0.2, 0.25) is 0 Å². The molecule has 15 heavy (non-hydrogen) atoms. The number of unbranched alkanes of at least 4 members (excludes halogenated alkanes) is 1. The van der Waals surface area contributed by atoms with Gasteiger partial charge < -0.3 is 4.79 Å². The van der Waals surface area contributed by atoms with Crippen LogP contribution in [0.25, 0.3) is 0 Å². The molecule has 0 saturated carbocycles. The molecule has 1 aromatic carbocycles. The normalized spacial score (nSPS) is 10.5. The van der Waals surface area contributed by atoms with Crippen molar-refractivity contribution in [3.63, 3.8) is 0 Å². The van der Waals surface area contributed by atoms with E-state index in [9.17, 15) is 9.59 Å². The highest BCUT2D eigenvalue weighted by molar-refractivity contribution is 6.04. The molecule has 0 amide bonds. The maximum absolute atomic E-state index is 11.6. The van der Waals surface area contributed by atoms with Gasteiger partial charge in [-0.3, -0.25) is 4.79 Å². The van der Waals surface area contributed by atoms with Crippen molar-refractivity contribution < 1.29 is 9.59 Å². The lowest BCUT2D eigenvalue weighted by molar-refractivity contribution is -0.107. The molecule has 0 aliphatic rings. The van der Waals surface area contributed by atoms with Crippen LogP contribution in [-0.2, 0) is 4.79 Å². The topological polar surface area (TPSA) is 34.1 Å². The van der Waals surface area contributed by atoms with Gasteiger partial charge in [0.15, 0.2) is 5.78 Å². The quantitative estimate of drug-likeness (QED) is 0.318. The van der Waals surface area contributed by atoms with Crippen molar-refractivity contribution in [2.45, 2.75) is 19.8 Å². The van der Waals surface area contributed by atoms with E-state index in [0.717, 1.165) is 11.8 Å². The van der Waals surface area contributed by atoms with Crippen LogP contribution in [0.15, 0.2) is 36.4 Å². The summed E-state index contributed by atoms with van der Waals surface area (Å²) in [6, 6.07) is 7.46. The number of rotatable bonds is 5. The number of aldehydes is 1. The van der Waals surface area contributed by atoms with Gasteiger partial charge in [-0.05, 0) is 25.5 Å². The average Bonchev–Trinajstić information content (AvgIpc) is 2.24. The van der Waals surface area contributed by atoms with Gasteiger partial charge >= 0.3 is 0 Å².